The van der Waals surface area contributed by atoms with Gasteiger partial charge in [0.2, 0.25) is 5.88 Å². The molecule has 0 saturated heterocycles. The van der Waals surface area contributed by atoms with Crippen LogP contribution in [-0.4, -0.2) is 23.4 Å². The third kappa shape index (κ3) is 5.44. The molecule has 3 aromatic rings. The van der Waals surface area contributed by atoms with Crippen LogP contribution in [0, 0.1) is 6.92 Å². The summed E-state index contributed by atoms with van der Waals surface area (Å²) in [6, 6.07) is 14.0. The largest absolute Gasteiger partial charge is 0.358 e. The van der Waals surface area contributed by atoms with Gasteiger partial charge in [-0.2, -0.15) is 13.1 Å². The van der Waals surface area contributed by atoms with E-state index >= 15 is 0 Å². The quantitative estimate of drug-likeness (QED) is 0.256. The Morgan fingerprint density at radius 2 is 1.76 bits per heavy atom. The van der Waals surface area contributed by atoms with E-state index in [2.05, 4.69) is 17.2 Å². The monoisotopic (exact) mass is 413 g/mol. The van der Waals surface area contributed by atoms with Gasteiger partial charge in [0.15, 0.2) is 0 Å². The van der Waals surface area contributed by atoms with Crippen LogP contribution in [0.25, 0.3) is 16.9 Å². The molecule has 7 heteroatoms. The van der Waals surface area contributed by atoms with Crippen LogP contribution in [0.1, 0.15) is 51.0 Å². The maximum absolute atomic E-state index is 12.8. The lowest BCUT2D eigenvalue weighted by atomic mass is 10.1. The molecule has 2 aromatic carbocycles. The molecule has 1 aromatic heterocycles. The minimum atomic E-state index is -3.98. The van der Waals surface area contributed by atoms with Crippen molar-refractivity contribution in [2.24, 2.45) is 0 Å². The minimum absolute atomic E-state index is 0.112. The van der Waals surface area contributed by atoms with E-state index in [9.17, 15) is 8.42 Å². The first-order valence-corrected chi connectivity index (χ1v) is 11.4. The fourth-order valence-corrected chi connectivity index (χ4v) is 3.96. The van der Waals surface area contributed by atoms with Crippen LogP contribution >= 0.6 is 0 Å². The van der Waals surface area contributed by atoms with E-state index in [0.717, 1.165) is 18.4 Å². The van der Waals surface area contributed by atoms with Gasteiger partial charge in [0.05, 0.1) is 5.52 Å². The average molecular weight is 414 g/mol. The molecule has 0 unspecified atom stereocenters. The highest BCUT2D eigenvalue weighted by molar-refractivity contribution is 7.87. The Morgan fingerprint density at radius 3 is 2.52 bits per heavy atom. The lowest BCUT2D eigenvalue weighted by Crippen LogP contribution is -2.11. The highest BCUT2D eigenvalue weighted by Crippen LogP contribution is 2.23. The normalized spacial score (nSPS) is 12.4. The van der Waals surface area contributed by atoms with E-state index in [0.29, 0.717) is 17.5 Å². The molecule has 0 aliphatic carbocycles. The van der Waals surface area contributed by atoms with E-state index in [1.54, 1.807) is 30.3 Å². The van der Waals surface area contributed by atoms with Crippen molar-refractivity contribution >= 4 is 27.0 Å². The van der Waals surface area contributed by atoms with Crippen LogP contribution < -0.4 is 0 Å². The van der Waals surface area contributed by atoms with Crippen LogP contribution in [-0.2, 0) is 14.3 Å². The summed E-state index contributed by atoms with van der Waals surface area (Å²) >= 11 is 0. The van der Waals surface area contributed by atoms with E-state index in [4.69, 9.17) is 4.18 Å². The Bertz CT molecular complexity index is 1070. The number of nitrogens with zero attached hydrogens (tertiary/aromatic N) is 3. The van der Waals surface area contributed by atoms with Gasteiger partial charge in [0, 0.05) is 0 Å². The Labute approximate surface area is 172 Å². The van der Waals surface area contributed by atoms with Gasteiger partial charge < -0.3 is 4.18 Å². The Hall–Kier alpha value is -2.67. The second-order valence-electron chi connectivity index (χ2n) is 7.09. The molecule has 0 aliphatic heterocycles. The molecule has 0 atom stereocenters. The molecule has 0 saturated carbocycles. The zero-order chi connectivity index (χ0) is 20.7. The van der Waals surface area contributed by atoms with Gasteiger partial charge >= 0.3 is 10.1 Å². The number of aromatic nitrogens is 3. The molecule has 29 heavy (non-hydrogen) atoms. The van der Waals surface area contributed by atoms with E-state index in [-0.39, 0.29) is 10.8 Å². The van der Waals surface area contributed by atoms with Crippen molar-refractivity contribution in [3.63, 3.8) is 0 Å². The van der Waals surface area contributed by atoms with Gasteiger partial charge in [0.1, 0.15) is 10.4 Å². The number of fused-ring (bicyclic) bond motifs is 1. The lowest BCUT2D eigenvalue weighted by Gasteiger charge is -2.11. The summed E-state index contributed by atoms with van der Waals surface area (Å²) < 4.78 is 32.7. The number of unbranched alkanes of at least 4 members (excludes halogenated alkanes) is 5. The summed E-state index contributed by atoms with van der Waals surface area (Å²) in [5.41, 5.74) is 2.36. The molecule has 0 fully saturated rings. The molecule has 154 valence electrons. The summed E-state index contributed by atoms with van der Waals surface area (Å²) in [6.07, 6.45) is 8.13. The van der Waals surface area contributed by atoms with Crippen LogP contribution in [0.15, 0.2) is 59.5 Å². The van der Waals surface area contributed by atoms with Gasteiger partial charge in [0.25, 0.3) is 0 Å². The van der Waals surface area contributed by atoms with Crippen LogP contribution in [0.4, 0.5) is 0 Å². The molecule has 0 amide bonds. The molecule has 0 bridgehead atoms. The third-order valence-electron chi connectivity index (χ3n) is 4.69. The highest BCUT2D eigenvalue weighted by atomic mass is 32.2. The molecule has 0 spiro atoms. The van der Waals surface area contributed by atoms with Crippen LogP contribution in [0.5, 0.6) is 0 Å². The van der Waals surface area contributed by atoms with Crippen molar-refractivity contribution in [2.75, 3.05) is 0 Å². The topological polar surface area (TPSA) is 74.1 Å². The number of hydrogen-bond acceptors (Lipinski definition) is 5. The number of allylic oxidation sites excluding steroid dienone is 1. The van der Waals surface area contributed by atoms with Crippen molar-refractivity contribution in [3.05, 3.63) is 60.2 Å². The SMILES string of the molecule is CCCCCCC/C=C(\OS(=O)(=O)c1ccc(C)cc1)n1nnc2ccccc21. The summed E-state index contributed by atoms with van der Waals surface area (Å²) in [7, 11) is -3.98. The number of para-hydroxylation sites is 1. The summed E-state index contributed by atoms with van der Waals surface area (Å²) in [4.78, 5) is 0.112. The number of aryl methyl sites for hydroxylation is 1. The van der Waals surface area contributed by atoms with Gasteiger partial charge in [-0.05, 0) is 50.1 Å². The summed E-state index contributed by atoms with van der Waals surface area (Å²) in [5.74, 6) is 0.162. The molecule has 6 nitrogen and oxygen atoms in total. The molecular weight excluding hydrogens is 386 g/mol. The first kappa shape index (κ1) is 21.0. The Balaban J connectivity index is 1.87. The van der Waals surface area contributed by atoms with Crippen molar-refractivity contribution in [3.8, 4) is 0 Å². The van der Waals surface area contributed by atoms with E-state index < -0.39 is 10.1 Å². The number of benzene rings is 2. The minimum Gasteiger partial charge on any atom is -0.358 e. The van der Waals surface area contributed by atoms with E-state index in [1.807, 2.05) is 31.2 Å². The van der Waals surface area contributed by atoms with Gasteiger partial charge in [-0.15, -0.1) is 5.10 Å². The molecule has 0 N–H and O–H groups in total. The first-order chi connectivity index (χ1) is 14.0. The van der Waals surface area contributed by atoms with Crippen molar-refractivity contribution in [1.82, 2.24) is 15.0 Å². The number of rotatable bonds is 10. The predicted octanol–water partition coefficient (Wildman–Crippen LogP) is 5.30. The lowest BCUT2D eigenvalue weighted by molar-refractivity contribution is 0.434. The predicted molar refractivity (Wildman–Crippen MR) is 115 cm³/mol. The maximum Gasteiger partial charge on any atom is 0.340 e. The molecule has 3 rings (SSSR count). The highest BCUT2D eigenvalue weighted by Gasteiger charge is 2.20. The van der Waals surface area contributed by atoms with Crippen LogP contribution in [0.3, 0.4) is 0 Å². The summed E-state index contributed by atoms with van der Waals surface area (Å²) in [5, 5.41) is 8.24. The Morgan fingerprint density at radius 1 is 1.03 bits per heavy atom. The van der Waals surface area contributed by atoms with Crippen molar-refractivity contribution in [2.45, 2.75) is 57.3 Å². The van der Waals surface area contributed by atoms with E-state index in [1.165, 1.54) is 23.9 Å². The second kappa shape index (κ2) is 9.69. The third-order valence-corrected chi connectivity index (χ3v) is 5.93. The maximum atomic E-state index is 12.8. The smallest absolute Gasteiger partial charge is 0.340 e. The standard InChI is InChI=1S/C22H27N3O3S/c1-3-4-5-6-7-8-13-22(25-21-12-10-9-11-20(21)23-24-25)28-29(26,27)19-16-14-18(2)15-17-19/h9-17H,3-8H2,1-2H3/b22-13-. The van der Waals surface area contributed by atoms with Crippen molar-refractivity contribution in [1.29, 1.82) is 0 Å². The first-order valence-electron chi connectivity index (χ1n) is 10.0. The summed E-state index contributed by atoms with van der Waals surface area (Å²) in [6.45, 7) is 4.08. The Kier molecular flexibility index (Phi) is 7.04. The fraction of sp³-hybridized carbons (Fsp3) is 0.364. The molecular formula is C22H27N3O3S. The fourth-order valence-electron chi connectivity index (χ4n) is 3.03. The molecule has 1 heterocycles. The molecule has 0 aliphatic rings. The zero-order valence-electron chi connectivity index (χ0n) is 16.9. The second-order valence-corrected chi connectivity index (χ2v) is 8.63. The van der Waals surface area contributed by atoms with Gasteiger partial charge in [-0.3, -0.25) is 0 Å². The van der Waals surface area contributed by atoms with Gasteiger partial charge in [-0.1, -0.05) is 67.6 Å². The average Bonchev–Trinajstić information content (AvgIpc) is 3.14. The molecule has 0 radical (unpaired) electrons. The van der Waals surface area contributed by atoms with Crippen molar-refractivity contribution < 1.29 is 12.6 Å². The zero-order valence-corrected chi connectivity index (χ0v) is 17.7. The number of hydrogen-bond donors (Lipinski definition) is 0. The van der Waals surface area contributed by atoms with Crippen LogP contribution in [0.2, 0.25) is 0 Å². The van der Waals surface area contributed by atoms with Gasteiger partial charge in [-0.25, -0.2) is 0 Å².